The molecule has 0 radical (unpaired) electrons. The van der Waals surface area contributed by atoms with Gasteiger partial charge >= 0.3 is 0 Å². The molecule has 1 amide bonds. The number of hydrogen-bond acceptors (Lipinski definition) is 6. The maximum atomic E-state index is 12.0. The van der Waals surface area contributed by atoms with Gasteiger partial charge in [-0.2, -0.15) is 0 Å². The SMILES string of the molecule is COCc1nc(C(=O)NC(CO)c2ccco2)cs1. The number of nitrogens with one attached hydrogen (secondary N) is 1. The molecule has 1 unspecified atom stereocenters. The highest BCUT2D eigenvalue weighted by atomic mass is 32.1. The summed E-state index contributed by atoms with van der Waals surface area (Å²) in [4.78, 5) is 16.1. The van der Waals surface area contributed by atoms with Crippen LogP contribution in [0.25, 0.3) is 0 Å². The summed E-state index contributed by atoms with van der Waals surface area (Å²) in [6.07, 6.45) is 1.49. The Kier molecular flexibility index (Phi) is 4.67. The number of methoxy groups -OCH3 is 1. The van der Waals surface area contributed by atoms with E-state index in [1.807, 2.05) is 0 Å². The Labute approximate surface area is 114 Å². The van der Waals surface area contributed by atoms with Crippen molar-refractivity contribution in [3.05, 3.63) is 40.2 Å². The van der Waals surface area contributed by atoms with Gasteiger partial charge in [-0.3, -0.25) is 4.79 Å². The van der Waals surface area contributed by atoms with Gasteiger partial charge in [-0.25, -0.2) is 4.98 Å². The Morgan fingerprint density at radius 3 is 3.16 bits per heavy atom. The second kappa shape index (κ2) is 6.46. The first-order chi connectivity index (χ1) is 9.24. The average Bonchev–Trinajstić information content (AvgIpc) is 3.07. The summed E-state index contributed by atoms with van der Waals surface area (Å²) in [7, 11) is 1.57. The van der Waals surface area contributed by atoms with Crippen LogP contribution in [0.3, 0.4) is 0 Å². The van der Waals surface area contributed by atoms with Gasteiger partial charge in [0.25, 0.3) is 5.91 Å². The fraction of sp³-hybridized carbons (Fsp3) is 0.333. The number of hydrogen-bond donors (Lipinski definition) is 2. The lowest BCUT2D eigenvalue weighted by atomic mass is 10.2. The molecule has 0 aliphatic rings. The van der Waals surface area contributed by atoms with Crippen molar-refractivity contribution in [3.8, 4) is 0 Å². The summed E-state index contributed by atoms with van der Waals surface area (Å²) in [5.41, 5.74) is 0.307. The molecule has 2 aromatic rings. The van der Waals surface area contributed by atoms with Crippen molar-refractivity contribution >= 4 is 17.2 Å². The van der Waals surface area contributed by atoms with Crippen LogP contribution in [-0.2, 0) is 11.3 Å². The molecule has 0 aromatic carbocycles. The van der Waals surface area contributed by atoms with Crippen molar-refractivity contribution in [2.24, 2.45) is 0 Å². The Hall–Kier alpha value is -1.70. The molecule has 2 N–H and O–H groups in total. The van der Waals surface area contributed by atoms with E-state index >= 15 is 0 Å². The van der Waals surface area contributed by atoms with E-state index in [0.717, 1.165) is 5.01 Å². The zero-order valence-electron chi connectivity index (χ0n) is 10.3. The highest BCUT2D eigenvalue weighted by molar-refractivity contribution is 7.09. The number of rotatable bonds is 6. The molecule has 2 aromatic heterocycles. The Morgan fingerprint density at radius 1 is 1.68 bits per heavy atom. The van der Waals surface area contributed by atoms with Crippen LogP contribution in [0.1, 0.15) is 27.3 Å². The van der Waals surface area contributed by atoms with E-state index in [2.05, 4.69) is 10.3 Å². The van der Waals surface area contributed by atoms with Gasteiger partial charge in [-0.15, -0.1) is 11.3 Å². The molecule has 6 nitrogen and oxygen atoms in total. The second-order valence-electron chi connectivity index (χ2n) is 3.78. The summed E-state index contributed by atoms with van der Waals surface area (Å²) in [5, 5.41) is 14.3. The van der Waals surface area contributed by atoms with Crippen LogP contribution in [0.15, 0.2) is 28.2 Å². The van der Waals surface area contributed by atoms with Gasteiger partial charge < -0.3 is 19.6 Å². The standard InChI is InChI=1S/C12H14N2O4S/c1-17-6-11-13-9(7-19-11)12(16)14-8(5-15)10-3-2-4-18-10/h2-4,7-8,15H,5-6H2,1H3,(H,14,16). The molecule has 0 saturated carbocycles. The number of amides is 1. The minimum atomic E-state index is -0.574. The highest BCUT2D eigenvalue weighted by Crippen LogP contribution is 2.15. The maximum Gasteiger partial charge on any atom is 0.271 e. The summed E-state index contributed by atoms with van der Waals surface area (Å²) < 4.78 is 10.1. The molecule has 0 aliphatic carbocycles. The first kappa shape index (κ1) is 13.7. The van der Waals surface area contributed by atoms with Crippen LogP contribution in [-0.4, -0.2) is 29.7 Å². The summed E-state index contributed by atoms with van der Waals surface area (Å²) >= 11 is 1.35. The number of aromatic nitrogens is 1. The van der Waals surface area contributed by atoms with Gasteiger partial charge in [-0.1, -0.05) is 0 Å². The largest absolute Gasteiger partial charge is 0.467 e. The maximum absolute atomic E-state index is 12.0. The molecule has 19 heavy (non-hydrogen) atoms. The number of thiazole rings is 1. The van der Waals surface area contributed by atoms with Crippen molar-refractivity contribution in [2.45, 2.75) is 12.6 Å². The lowest BCUT2D eigenvalue weighted by Gasteiger charge is -2.12. The van der Waals surface area contributed by atoms with Crippen LogP contribution in [0.2, 0.25) is 0 Å². The van der Waals surface area contributed by atoms with Gasteiger partial charge in [0.05, 0.1) is 19.5 Å². The highest BCUT2D eigenvalue weighted by Gasteiger charge is 2.18. The molecule has 1 atom stereocenters. The lowest BCUT2D eigenvalue weighted by molar-refractivity contribution is 0.0902. The van der Waals surface area contributed by atoms with Gasteiger partial charge in [0, 0.05) is 12.5 Å². The van der Waals surface area contributed by atoms with Gasteiger partial charge in [-0.05, 0) is 12.1 Å². The van der Waals surface area contributed by atoms with Crippen molar-refractivity contribution in [2.75, 3.05) is 13.7 Å². The van der Waals surface area contributed by atoms with E-state index in [9.17, 15) is 9.90 Å². The van der Waals surface area contributed by atoms with Gasteiger partial charge in [0.15, 0.2) is 0 Å². The van der Waals surface area contributed by atoms with Crippen LogP contribution in [0.5, 0.6) is 0 Å². The monoisotopic (exact) mass is 282 g/mol. The first-order valence-electron chi connectivity index (χ1n) is 5.63. The van der Waals surface area contributed by atoms with Crippen LogP contribution >= 0.6 is 11.3 Å². The van der Waals surface area contributed by atoms with E-state index in [-0.39, 0.29) is 12.5 Å². The molecule has 102 valence electrons. The number of nitrogens with zero attached hydrogens (tertiary/aromatic N) is 1. The number of ether oxygens (including phenoxy) is 1. The first-order valence-corrected chi connectivity index (χ1v) is 6.51. The van der Waals surface area contributed by atoms with E-state index < -0.39 is 6.04 Å². The predicted molar refractivity (Wildman–Crippen MR) is 68.8 cm³/mol. The zero-order valence-corrected chi connectivity index (χ0v) is 11.1. The fourth-order valence-corrected chi connectivity index (χ4v) is 2.28. The van der Waals surface area contributed by atoms with E-state index in [1.165, 1.54) is 17.6 Å². The van der Waals surface area contributed by atoms with Crippen molar-refractivity contribution in [1.29, 1.82) is 0 Å². The third kappa shape index (κ3) is 3.40. The van der Waals surface area contributed by atoms with E-state index in [4.69, 9.17) is 9.15 Å². The molecule has 0 spiro atoms. The summed E-state index contributed by atoms with van der Waals surface area (Å²) in [6, 6.07) is 2.82. The number of furan rings is 1. The third-order valence-electron chi connectivity index (χ3n) is 2.43. The van der Waals surface area contributed by atoms with Crippen LogP contribution in [0.4, 0.5) is 0 Å². The minimum absolute atomic E-state index is 0.242. The minimum Gasteiger partial charge on any atom is -0.467 e. The van der Waals surface area contributed by atoms with Crippen molar-refractivity contribution < 1.29 is 19.1 Å². The smallest absolute Gasteiger partial charge is 0.271 e. The van der Waals surface area contributed by atoms with Gasteiger partial charge in [0.1, 0.15) is 22.5 Å². The van der Waals surface area contributed by atoms with Crippen LogP contribution < -0.4 is 5.32 Å². The molecule has 0 fully saturated rings. The Bertz CT molecular complexity index is 524. The molecule has 0 aliphatic heterocycles. The predicted octanol–water partition coefficient (Wildman–Crippen LogP) is 1.35. The molecule has 2 heterocycles. The zero-order chi connectivity index (χ0) is 13.7. The average molecular weight is 282 g/mol. The van der Waals surface area contributed by atoms with Crippen LogP contribution in [0, 0.1) is 0 Å². The number of carbonyl (C=O) groups excluding carboxylic acids is 1. The number of aliphatic hydroxyl groups excluding tert-OH is 1. The van der Waals surface area contributed by atoms with Gasteiger partial charge in [0.2, 0.25) is 0 Å². The second-order valence-corrected chi connectivity index (χ2v) is 4.73. The summed E-state index contributed by atoms with van der Waals surface area (Å²) in [5.74, 6) is 0.150. The lowest BCUT2D eigenvalue weighted by Crippen LogP contribution is -2.30. The van der Waals surface area contributed by atoms with Crippen molar-refractivity contribution in [3.63, 3.8) is 0 Å². The number of carbonyl (C=O) groups is 1. The van der Waals surface area contributed by atoms with E-state index in [1.54, 1.807) is 24.6 Å². The Morgan fingerprint density at radius 2 is 2.53 bits per heavy atom. The number of aliphatic hydroxyl groups is 1. The van der Waals surface area contributed by atoms with Crippen molar-refractivity contribution in [1.82, 2.24) is 10.3 Å². The summed E-state index contributed by atoms with van der Waals surface area (Å²) in [6.45, 7) is 0.133. The molecule has 0 saturated heterocycles. The Balaban J connectivity index is 2.02. The fourth-order valence-electron chi connectivity index (χ4n) is 1.53. The topological polar surface area (TPSA) is 84.6 Å². The molecule has 2 rings (SSSR count). The normalized spacial score (nSPS) is 12.3. The molecular weight excluding hydrogens is 268 g/mol. The third-order valence-corrected chi connectivity index (χ3v) is 3.25. The molecule has 0 bridgehead atoms. The molecule has 7 heteroatoms. The molecular formula is C12H14N2O4S. The quantitative estimate of drug-likeness (QED) is 0.835. The van der Waals surface area contributed by atoms with E-state index in [0.29, 0.717) is 18.1 Å².